The summed E-state index contributed by atoms with van der Waals surface area (Å²) < 4.78 is 0. The van der Waals surface area contributed by atoms with Crippen molar-refractivity contribution in [2.75, 3.05) is 0 Å². The van der Waals surface area contributed by atoms with Gasteiger partial charge in [-0.1, -0.05) is 0 Å². The quantitative estimate of drug-likeness (QED) is 0.377. The number of hydrogen-bond donors (Lipinski definition) is 5. The van der Waals surface area contributed by atoms with Crippen LogP contribution >= 0.6 is 0 Å². The molecule has 3 amide bonds. The second kappa shape index (κ2) is 7.90. The Kier molecular flexibility index (Phi) is 6.94. The van der Waals surface area contributed by atoms with Crippen molar-refractivity contribution in [2.24, 2.45) is 5.73 Å². The van der Waals surface area contributed by atoms with E-state index in [-0.39, 0.29) is 19.3 Å². The highest BCUT2D eigenvalue weighted by Crippen LogP contribution is 1.98. The Morgan fingerprint density at radius 1 is 1.16 bits per heavy atom. The van der Waals surface area contributed by atoms with E-state index in [1.165, 1.54) is 6.92 Å². The maximum Gasteiger partial charge on any atom is 0.326 e. The van der Waals surface area contributed by atoms with E-state index < -0.39 is 36.0 Å². The van der Waals surface area contributed by atoms with Crippen molar-refractivity contribution in [3.8, 4) is 0 Å². The largest absolute Gasteiger partial charge is 0.481 e. The second-order valence-corrected chi connectivity index (χ2v) is 4.01. The molecule has 0 aromatic heterocycles. The molecule has 0 aromatic carbocycles. The molecule has 6 N–H and O–H groups in total. The Morgan fingerprint density at radius 3 is 2.16 bits per heavy atom. The zero-order valence-electron chi connectivity index (χ0n) is 10.4. The van der Waals surface area contributed by atoms with Crippen molar-refractivity contribution in [3.63, 3.8) is 0 Å². The Bertz CT molecular complexity index is 370. The van der Waals surface area contributed by atoms with E-state index in [4.69, 9.17) is 15.9 Å². The molecule has 9 heteroatoms. The number of carboxylic acid groups (broad SMARTS) is 2. The molecule has 0 aliphatic heterocycles. The van der Waals surface area contributed by atoms with Crippen LogP contribution in [0, 0.1) is 0 Å². The Labute approximate surface area is 109 Å². The SMILES string of the molecule is CC(CC(N)=O)NC(=O)N[C@@H](CCC(=O)O)C(=O)O. The van der Waals surface area contributed by atoms with Gasteiger partial charge in [0.1, 0.15) is 6.04 Å². The first kappa shape index (κ1) is 16.7. The van der Waals surface area contributed by atoms with Crippen LogP contribution in [-0.4, -0.2) is 46.2 Å². The van der Waals surface area contributed by atoms with Gasteiger partial charge in [0.25, 0.3) is 0 Å². The summed E-state index contributed by atoms with van der Waals surface area (Å²) in [4.78, 5) is 43.1. The molecule has 0 rings (SSSR count). The standard InChI is InChI=1S/C10H17N3O6/c1-5(4-7(11)14)12-10(19)13-6(9(17)18)2-3-8(15)16/h5-6H,2-4H2,1H3,(H2,11,14)(H,15,16)(H,17,18)(H2,12,13,19)/t5?,6-/m0/s1. The van der Waals surface area contributed by atoms with E-state index in [2.05, 4.69) is 10.6 Å². The van der Waals surface area contributed by atoms with Gasteiger partial charge < -0.3 is 26.6 Å². The van der Waals surface area contributed by atoms with Gasteiger partial charge in [0.15, 0.2) is 0 Å². The molecule has 0 aromatic rings. The van der Waals surface area contributed by atoms with Gasteiger partial charge in [0, 0.05) is 18.9 Å². The first-order chi connectivity index (χ1) is 8.72. The summed E-state index contributed by atoms with van der Waals surface area (Å²) in [5.74, 6) is -3.09. The highest BCUT2D eigenvalue weighted by atomic mass is 16.4. The van der Waals surface area contributed by atoms with Crippen LogP contribution in [0.2, 0.25) is 0 Å². The van der Waals surface area contributed by atoms with Crippen LogP contribution in [0.5, 0.6) is 0 Å². The summed E-state index contributed by atoms with van der Waals surface area (Å²) in [5, 5.41) is 21.7. The fraction of sp³-hybridized carbons (Fsp3) is 0.600. The van der Waals surface area contributed by atoms with E-state index in [1.807, 2.05) is 0 Å². The Morgan fingerprint density at radius 2 is 1.74 bits per heavy atom. The summed E-state index contributed by atoms with van der Waals surface area (Å²) in [6.45, 7) is 1.53. The predicted molar refractivity (Wildman–Crippen MR) is 63.2 cm³/mol. The first-order valence-corrected chi connectivity index (χ1v) is 5.52. The molecule has 0 spiro atoms. The number of primary amides is 1. The summed E-state index contributed by atoms with van der Waals surface area (Å²) in [6.07, 6.45) is -0.698. The topological polar surface area (TPSA) is 159 Å². The molecule has 19 heavy (non-hydrogen) atoms. The molecule has 2 atom stereocenters. The van der Waals surface area contributed by atoms with Gasteiger partial charge in [-0.15, -0.1) is 0 Å². The minimum absolute atomic E-state index is 0.0831. The molecule has 0 fully saturated rings. The van der Waals surface area contributed by atoms with E-state index in [0.717, 1.165) is 0 Å². The van der Waals surface area contributed by atoms with Gasteiger partial charge in [-0.2, -0.15) is 0 Å². The molecule has 0 aliphatic carbocycles. The van der Waals surface area contributed by atoms with Crippen LogP contribution in [0.25, 0.3) is 0 Å². The van der Waals surface area contributed by atoms with Gasteiger partial charge in [0.05, 0.1) is 0 Å². The van der Waals surface area contributed by atoms with Crippen molar-refractivity contribution in [1.29, 1.82) is 0 Å². The average Bonchev–Trinajstić information content (AvgIpc) is 2.21. The Hall–Kier alpha value is -2.32. The number of nitrogens with two attached hydrogens (primary N) is 1. The van der Waals surface area contributed by atoms with Crippen LogP contribution in [0.15, 0.2) is 0 Å². The van der Waals surface area contributed by atoms with E-state index >= 15 is 0 Å². The van der Waals surface area contributed by atoms with Gasteiger partial charge in [-0.3, -0.25) is 9.59 Å². The number of rotatable bonds is 8. The summed E-state index contributed by atoms with van der Waals surface area (Å²) in [7, 11) is 0. The molecule has 9 nitrogen and oxygen atoms in total. The lowest BCUT2D eigenvalue weighted by Crippen LogP contribution is -2.49. The second-order valence-electron chi connectivity index (χ2n) is 4.01. The molecule has 1 unspecified atom stereocenters. The van der Waals surface area contributed by atoms with Crippen molar-refractivity contribution < 1.29 is 29.4 Å². The lowest BCUT2D eigenvalue weighted by molar-refractivity contribution is -0.140. The molecule has 108 valence electrons. The maximum atomic E-state index is 11.4. The number of hydrogen-bond acceptors (Lipinski definition) is 4. The molecule has 0 bridgehead atoms. The fourth-order valence-corrected chi connectivity index (χ4v) is 1.30. The average molecular weight is 275 g/mol. The molecule has 0 saturated heterocycles. The zero-order valence-corrected chi connectivity index (χ0v) is 10.4. The maximum absolute atomic E-state index is 11.4. The summed E-state index contributed by atoms with van der Waals surface area (Å²) in [5.41, 5.74) is 4.93. The van der Waals surface area contributed by atoms with Gasteiger partial charge in [-0.05, 0) is 13.3 Å². The van der Waals surface area contributed by atoms with Crippen molar-refractivity contribution >= 4 is 23.9 Å². The van der Waals surface area contributed by atoms with Crippen LogP contribution in [0.1, 0.15) is 26.2 Å². The minimum Gasteiger partial charge on any atom is -0.481 e. The molecule has 0 heterocycles. The van der Waals surface area contributed by atoms with E-state index in [1.54, 1.807) is 0 Å². The van der Waals surface area contributed by atoms with Gasteiger partial charge in [-0.25, -0.2) is 9.59 Å². The molecular weight excluding hydrogens is 258 g/mol. The zero-order chi connectivity index (χ0) is 15.0. The summed E-state index contributed by atoms with van der Waals surface area (Å²) in [6, 6.07) is -2.66. The van der Waals surface area contributed by atoms with Crippen molar-refractivity contribution in [3.05, 3.63) is 0 Å². The smallest absolute Gasteiger partial charge is 0.326 e. The minimum atomic E-state index is -1.33. The van der Waals surface area contributed by atoms with Crippen LogP contribution in [-0.2, 0) is 14.4 Å². The lowest BCUT2D eigenvalue weighted by Gasteiger charge is -2.17. The highest BCUT2D eigenvalue weighted by Gasteiger charge is 2.21. The Balaban J connectivity index is 4.27. The van der Waals surface area contributed by atoms with Crippen molar-refractivity contribution in [2.45, 2.75) is 38.3 Å². The van der Waals surface area contributed by atoms with Gasteiger partial charge in [0.2, 0.25) is 5.91 Å². The number of nitrogens with one attached hydrogen (secondary N) is 2. The van der Waals surface area contributed by atoms with Gasteiger partial charge >= 0.3 is 18.0 Å². The van der Waals surface area contributed by atoms with E-state index in [0.29, 0.717) is 0 Å². The third kappa shape index (κ3) is 8.41. The number of aliphatic carboxylic acids is 2. The fourth-order valence-electron chi connectivity index (χ4n) is 1.30. The summed E-state index contributed by atoms with van der Waals surface area (Å²) >= 11 is 0. The number of urea groups is 1. The van der Waals surface area contributed by atoms with Crippen LogP contribution < -0.4 is 16.4 Å². The van der Waals surface area contributed by atoms with Crippen molar-refractivity contribution in [1.82, 2.24) is 10.6 Å². The number of amides is 3. The molecule has 0 saturated carbocycles. The first-order valence-electron chi connectivity index (χ1n) is 5.52. The third-order valence-corrected chi connectivity index (χ3v) is 2.14. The highest BCUT2D eigenvalue weighted by molar-refractivity contribution is 5.83. The third-order valence-electron chi connectivity index (χ3n) is 2.14. The number of carboxylic acids is 2. The van der Waals surface area contributed by atoms with E-state index in [9.17, 15) is 19.2 Å². The monoisotopic (exact) mass is 275 g/mol. The molecule has 0 radical (unpaired) electrons. The lowest BCUT2D eigenvalue weighted by atomic mass is 10.1. The number of carbonyl (C=O) groups excluding carboxylic acids is 2. The predicted octanol–water partition coefficient (Wildman–Crippen LogP) is -1.13. The van der Waals surface area contributed by atoms with Crippen LogP contribution in [0.4, 0.5) is 4.79 Å². The molecule has 0 aliphatic rings. The number of carbonyl (C=O) groups is 4. The normalized spacial score (nSPS) is 13.1. The van der Waals surface area contributed by atoms with Crippen LogP contribution in [0.3, 0.4) is 0 Å². The molecular formula is C10H17N3O6.